The van der Waals surface area contributed by atoms with Crippen LogP contribution in [-0.4, -0.2) is 29.6 Å². The lowest BCUT2D eigenvalue weighted by Crippen LogP contribution is -2.40. The topological polar surface area (TPSA) is 95.5 Å². The average molecular weight is 296 g/mol. The number of urea groups is 1. The minimum Gasteiger partial charge on any atom is -0.481 e. The number of hydrogen-bond donors (Lipinski definition) is 3. The second-order valence-corrected chi connectivity index (χ2v) is 5.57. The highest BCUT2D eigenvalue weighted by Gasteiger charge is 2.14. The van der Waals surface area contributed by atoms with Gasteiger partial charge in [0.1, 0.15) is 0 Å². The zero-order chi connectivity index (χ0) is 15.7. The minimum atomic E-state index is -0.944. The maximum absolute atomic E-state index is 11.5. The van der Waals surface area contributed by atoms with Crippen LogP contribution in [0.4, 0.5) is 4.79 Å². The summed E-state index contributed by atoms with van der Waals surface area (Å²) in [5.74, 6) is -1.68. The van der Waals surface area contributed by atoms with Crippen LogP contribution >= 0.6 is 0 Å². The molecule has 0 saturated heterocycles. The van der Waals surface area contributed by atoms with Gasteiger partial charge in [0.05, 0.1) is 0 Å². The maximum Gasteiger partial charge on any atom is 0.321 e. The third kappa shape index (κ3) is 8.12. The molecule has 0 aromatic carbocycles. The molecule has 1 atom stereocenters. The summed E-state index contributed by atoms with van der Waals surface area (Å²) in [7, 11) is 0. The molecule has 0 aromatic heterocycles. The Morgan fingerprint density at radius 3 is 2.67 bits per heavy atom. The van der Waals surface area contributed by atoms with Gasteiger partial charge in [-0.05, 0) is 38.0 Å². The Balaban J connectivity index is 2.16. The molecular formula is C15H24N2O4. The quantitative estimate of drug-likeness (QED) is 0.628. The van der Waals surface area contributed by atoms with Crippen molar-refractivity contribution in [2.24, 2.45) is 5.92 Å². The summed E-state index contributed by atoms with van der Waals surface area (Å²) < 4.78 is 0. The number of amides is 3. The van der Waals surface area contributed by atoms with Crippen LogP contribution < -0.4 is 10.6 Å². The highest BCUT2D eigenvalue weighted by molar-refractivity contribution is 5.94. The van der Waals surface area contributed by atoms with E-state index in [4.69, 9.17) is 5.11 Å². The van der Waals surface area contributed by atoms with E-state index >= 15 is 0 Å². The molecule has 0 aromatic rings. The SMILES string of the molecule is CC(CC(=O)O)CC(=O)NC(=O)NCCC1=CCCCC1. The summed E-state index contributed by atoms with van der Waals surface area (Å²) in [5, 5.41) is 13.5. The van der Waals surface area contributed by atoms with E-state index in [1.807, 2.05) is 0 Å². The second kappa shape index (κ2) is 9.15. The van der Waals surface area contributed by atoms with Gasteiger partial charge in [-0.15, -0.1) is 0 Å². The average Bonchev–Trinajstić information content (AvgIpc) is 2.38. The predicted octanol–water partition coefficient (Wildman–Crippen LogP) is 2.20. The smallest absolute Gasteiger partial charge is 0.321 e. The number of carboxylic acids is 1. The van der Waals surface area contributed by atoms with Crippen LogP contribution in [0.15, 0.2) is 11.6 Å². The van der Waals surface area contributed by atoms with Gasteiger partial charge in [-0.1, -0.05) is 18.6 Å². The van der Waals surface area contributed by atoms with Gasteiger partial charge in [-0.2, -0.15) is 0 Å². The summed E-state index contributed by atoms with van der Waals surface area (Å²) in [4.78, 5) is 33.5. The van der Waals surface area contributed by atoms with E-state index in [-0.39, 0.29) is 18.8 Å². The Morgan fingerprint density at radius 2 is 2.05 bits per heavy atom. The largest absolute Gasteiger partial charge is 0.481 e. The van der Waals surface area contributed by atoms with Crippen molar-refractivity contribution < 1.29 is 19.5 Å². The lowest BCUT2D eigenvalue weighted by atomic mass is 9.97. The first-order valence-electron chi connectivity index (χ1n) is 7.44. The highest BCUT2D eigenvalue weighted by atomic mass is 16.4. The molecule has 1 aliphatic rings. The Bertz CT molecular complexity index is 418. The van der Waals surface area contributed by atoms with Gasteiger partial charge in [0, 0.05) is 19.4 Å². The molecule has 0 fully saturated rings. The maximum atomic E-state index is 11.5. The monoisotopic (exact) mass is 296 g/mol. The van der Waals surface area contributed by atoms with E-state index in [1.165, 1.54) is 18.4 Å². The third-order valence-electron chi connectivity index (χ3n) is 3.43. The van der Waals surface area contributed by atoms with Crippen molar-refractivity contribution in [1.82, 2.24) is 10.6 Å². The second-order valence-electron chi connectivity index (χ2n) is 5.57. The standard InChI is InChI=1S/C15H24N2O4/c1-11(10-14(19)20)9-13(18)17-15(21)16-8-7-12-5-3-2-4-6-12/h5,11H,2-4,6-10H2,1H3,(H,19,20)(H2,16,17,18,21). The van der Waals surface area contributed by atoms with Crippen LogP contribution in [0.5, 0.6) is 0 Å². The number of rotatable bonds is 7. The number of carbonyl (C=O) groups is 3. The first kappa shape index (κ1) is 17.2. The Morgan fingerprint density at radius 1 is 1.29 bits per heavy atom. The first-order valence-corrected chi connectivity index (χ1v) is 7.44. The Kier molecular flexibility index (Phi) is 7.50. The number of aliphatic carboxylic acids is 1. The van der Waals surface area contributed by atoms with Gasteiger partial charge in [0.2, 0.25) is 5.91 Å². The lowest BCUT2D eigenvalue weighted by molar-refractivity contribution is -0.138. The molecule has 118 valence electrons. The molecule has 1 rings (SSSR count). The molecule has 0 saturated carbocycles. The van der Waals surface area contributed by atoms with Gasteiger partial charge in [-0.25, -0.2) is 4.79 Å². The third-order valence-corrected chi connectivity index (χ3v) is 3.43. The van der Waals surface area contributed by atoms with E-state index < -0.39 is 17.9 Å². The summed E-state index contributed by atoms with van der Waals surface area (Å²) in [6, 6.07) is -0.515. The first-order chi connectivity index (χ1) is 9.97. The van der Waals surface area contributed by atoms with Gasteiger partial charge in [-0.3, -0.25) is 14.9 Å². The number of nitrogens with one attached hydrogen (secondary N) is 2. The molecule has 6 heteroatoms. The molecule has 21 heavy (non-hydrogen) atoms. The van der Waals surface area contributed by atoms with Crippen molar-refractivity contribution in [3.63, 3.8) is 0 Å². The van der Waals surface area contributed by atoms with Crippen molar-refractivity contribution in [3.8, 4) is 0 Å². The van der Waals surface area contributed by atoms with E-state index in [0.717, 1.165) is 19.3 Å². The van der Waals surface area contributed by atoms with Crippen LogP contribution in [0.2, 0.25) is 0 Å². The molecule has 0 radical (unpaired) electrons. The molecule has 1 aliphatic carbocycles. The normalized spacial score (nSPS) is 15.8. The van der Waals surface area contributed by atoms with Gasteiger partial charge in [0.25, 0.3) is 0 Å². The predicted molar refractivity (Wildman–Crippen MR) is 78.7 cm³/mol. The van der Waals surface area contributed by atoms with Gasteiger partial charge >= 0.3 is 12.0 Å². The summed E-state index contributed by atoms with van der Waals surface area (Å²) >= 11 is 0. The Hall–Kier alpha value is -1.85. The number of imide groups is 1. The number of allylic oxidation sites excluding steroid dienone is 1. The summed E-state index contributed by atoms with van der Waals surface area (Å²) in [6.45, 7) is 2.18. The summed E-state index contributed by atoms with van der Waals surface area (Å²) in [5.41, 5.74) is 1.36. The van der Waals surface area contributed by atoms with E-state index in [1.54, 1.807) is 6.92 Å². The van der Waals surface area contributed by atoms with Crippen molar-refractivity contribution in [2.75, 3.05) is 6.54 Å². The van der Waals surface area contributed by atoms with E-state index in [2.05, 4.69) is 16.7 Å². The van der Waals surface area contributed by atoms with Crippen LogP contribution in [0.3, 0.4) is 0 Å². The fraction of sp³-hybridized carbons (Fsp3) is 0.667. The molecule has 1 unspecified atom stereocenters. The van der Waals surface area contributed by atoms with Gasteiger partial charge in [0.15, 0.2) is 0 Å². The highest BCUT2D eigenvalue weighted by Crippen LogP contribution is 2.19. The zero-order valence-corrected chi connectivity index (χ0v) is 12.5. The van der Waals surface area contributed by atoms with Crippen molar-refractivity contribution in [2.45, 2.75) is 51.9 Å². The molecule has 0 heterocycles. The van der Waals surface area contributed by atoms with E-state index in [0.29, 0.717) is 6.54 Å². The number of carboxylic acid groups (broad SMARTS) is 1. The fourth-order valence-electron chi connectivity index (χ4n) is 2.38. The molecular weight excluding hydrogens is 272 g/mol. The summed E-state index contributed by atoms with van der Waals surface area (Å²) in [6.07, 6.45) is 7.64. The molecule has 0 bridgehead atoms. The molecule has 3 amide bonds. The zero-order valence-electron chi connectivity index (χ0n) is 12.5. The molecule has 0 spiro atoms. The van der Waals surface area contributed by atoms with Gasteiger partial charge < -0.3 is 10.4 Å². The van der Waals surface area contributed by atoms with Crippen molar-refractivity contribution >= 4 is 17.9 Å². The van der Waals surface area contributed by atoms with Crippen molar-refractivity contribution in [3.05, 3.63) is 11.6 Å². The van der Waals surface area contributed by atoms with Crippen LogP contribution in [0, 0.1) is 5.92 Å². The Labute approximate surface area is 125 Å². The minimum absolute atomic E-state index is 0.0326. The number of hydrogen-bond acceptors (Lipinski definition) is 3. The van der Waals surface area contributed by atoms with E-state index in [9.17, 15) is 14.4 Å². The number of carbonyl (C=O) groups excluding carboxylic acids is 2. The van der Waals surface area contributed by atoms with Crippen molar-refractivity contribution in [1.29, 1.82) is 0 Å². The van der Waals surface area contributed by atoms with Crippen LogP contribution in [0.25, 0.3) is 0 Å². The molecule has 3 N–H and O–H groups in total. The lowest BCUT2D eigenvalue weighted by Gasteiger charge is -2.13. The molecule has 6 nitrogen and oxygen atoms in total. The van der Waals surface area contributed by atoms with Crippen LogP contribution in [0.1, 0.15) is 51.9 Å². The molecule has 0 aliphatic heterocycles. The fourth-order valence-corrected chi connectivity index (χ4v) is 2.38. The van der Waals surface area contributed by atoms with Crippen LogP contribution in [-0.2, 0) is 9.59 Å².